The molecule has 0 atom stereocenters. The van der Waals surface area contributed by atoms with Crippen LogP contribution >= 0.6 is 0 Å². The van der Waals surface area contributed by atoms with E-state index >= 15 is 0 Å². The average Bonchev–Trinajstić information content (AvgIpc) is 2.32. The van der Waals surface area contributed by atoms with Gasteiger partial charge in [-0.05, 0) is 10.4 Å². The van der Waals surface area contributed by atoms with Crippen LogP contribution in [0, 0.1) is 0 Å². The van der Waals surface area contributed by atoms with Gasteiger partial charge in [-0.1, -0.05) is 0 Å². The van der Waals surface area contributed by atoms with Crippen LogP contribution in [-0.2, 0) is 6.42 Å². The van der Waals surface area contributed by atoms with Gasteiger partial charge in [0.05, 0.1) is 34.1 Å². The normalized spacial score (nSPS) is 11.9. The molecule has 0 spiro atoms. The molecule has 5 nitrogen and oxygen atoms in total. The highest BCUT2D eigenvalue weighted by Gasteiger charge is 2.08. The van der Waals surface area contributed by atoms with Crippen LogP contribution in [0.25, 0.3) is 0 Å². The van der Waals surface area contributed by atoms with Crippen LogP contribution in [0.5, 0.6) is 0 Å². The van der Waals surface area contributed by atoms with Crippen molar-refractivity contribution < 1.29 is 4.48 Å². The molecule has 1 N–H and O–H groups in total. The number of aromatic amines is 1. The molecule has 0 aliphatic heterocycles. The Labute approximate surface area is 66.0 Å². The monoisotopic (exact) mass is 156 g/mol. The van der Waals surface area contributed by atoms with E-state index in [1.165, 1.54) is 0 Å². The number of quaternary nitrogens is 1. The highest BCUT2D eigenvalue weighted by molar-refractivity contribution is 4.74. The summed E-state index contributed by atoms with van der Waals surface area (Å²) >= 11 is 0. The van der Waals surface area contributed by atoms with Gasteiger partial charge in [-0.25, -0.2) is 5.10 Å². The zero-order chi connectivity index (χ0) is 8.32. The quantitative estimate of drug-likeness (QED) is 0.597. The zero-order valence-electron chi connectivity index (χ0n) is 7.20. The highest BCUT2D eigenvalue weighted by atomic mass is 15.5. The number of aromatic nitrogens is 4. The van der Waals surface area contributed by atoms with Gasteiger partial charge < -0.3 is 4.48 Å². The van der Waals surface area contributed by atoms with Crippen LogP contribution < -0.4 is 0 Å². The first-order valence-corrected chi connectivity index (χ1v) is 3.61. The molecular weight excluding hydrogens is 142 g/mol. The topological polar surface area (TPSA) is 54.5 Å². The van der Waals surface area contributed by atoms with Crippen molar-refractivity contribution in [3.63, 3.8) is 0 Å². The Balaban J connectivity index is 2.35. The van der Waals surface area contributed by atoms with Gasteiger partial charge in [0, 0.05) is 0 Å². The molecule has 0 unspecified atom stereocenters. The number of nitrogens with zero attached hydrogens (tertiary/aromatic N) is 4. The minimum Gasteiger partial charge on any atom is -0.331 e. The summed E-state index contributed by atoms with van der Waals surface area (Å²) in [6, 6.07) is 0. The summed E-state index contributed by atoms with van der Waals surface area (Å²) in [5, 5.41) is 13.5. The first-order valence-electron chi connectivity index (χ1n) is 3.61. The molecule has 1 heterocycles. The maximum absolute atomic E-state index is 3.79. The van der Waals surface area contributed by atoms with E-state index < -0.39 is 0 Å². The molecule has 0 saturated carbocycles. The molecule has 1 rings (SSSR count). The third kappa shape index (κ3) is 3.08. The maximum Gasteiger partial charge on any atom is 0.154 e. The molecule has 0 aliphatic rings. The van der Waals surface area contributed by atoms with E-state index in [0.29, 0.717) is 0 Å². The van der Waals surface area contributed by atoms with Crippen LogP contribution in [0.2, 0.25) is 0 Å². The van der Waals surface area contributed by atoms with Crippen molar-refractivity contribution in [2.45, 2.75) is 6.42 Å². The number of hydrogen-bond donors (Lipinski definition) is 1. The van der Waals surface area contributed by atoms with Gasteiger partial charge in [-0.15, -0.1) is 5.10 Å². The van der Waals surface area contributed by atoms with Crippen LogP contribution in [0.1, 0.15) is 5.82 Å². The largest absolute Gasteiger partial charge is 0.331 e. The van der Waals surface area contributed by atoms with Crippen molar-refractivity contribution in [1.29, 1.82) is 0 Å². The van der Waals surface area contributed by atoms with Crippen molar-refractivity contribution in [2.75, 3.05) is 27.7 Å². The van der Waals surface area contributed by atoms with Gasteiger partial charge in [0.25, 0.3) is 0 Å². The molecule has 62 valence electrons. The summed E-state index contributed by atoms with van der Waals surface area (Å²) in [5.41, 5.74) is 0. The summed E-state index contributed by atoms with van der Waals surface area (Å²) in [4.78, 5) is 0. The molecule has 0 aliphatic carbocycles. The Kier molecular flexibility index (Phi) is 2.19. The highest BCUT2D eigenvalue weighted by Crippen LogP contribution is 1.94. The Hall–Kier alpha value is -0.970. The minimum atomic E-state index is 0.859. The van der Waals surface area contributed by atoms with Crippen LogP contribution in [0.15, 0.2) is 0 Å². The van der Waals surface area contributed by atoms with Crippen molar-refractivity contribution in [3.05, 3.63) is 5.82 Å². The number of H-pyrrole nitrogens is 1. The average molecular weight is 156 g/mol. The third-order valence-electron chi connectivity index (χ3n) is 1.41. The molecule has 11 heavy (non-hydrogen) atoms. The van der Waals surface area contributed by atoms with Gasteiger partial charge in [-0.3, -0.25) is 0 Å². The minimum absolute atomic E-state index is 0.859. The van der Waals surface area contributed by atoms with Gasteiger partial charge in [0.15, 0.2) is 5.82 Å². The first kappa shape index (κ1) is 8.13. The fourth-order valence-electron chi connectivity index (χ4n) is 0.726. The second-order valence-corrected chi connectivity index (χ2v) is 3.61. The van der Waals surface area contributed by atoms with Gasteiger partial charge in [0.2, 0.25) is 0 Å². The van der Waals surface area contributed by atoms with E-state index in [1.807, 2.05) is 0 Å². The predicted octanol–water partition coefficient (Wildman–Crippen LogP) is -0.552. The number of tetrazole rings is 1. The molecule has 1 aromatic rings. The van der Waals surface area contributed by atoms with Crippen molar-refractivity contribution >= 4 is 0 Å². The Morgan fingerprint density at radius 1 is 1.36 bits per heavy atom. The van der Waals surface area contributed by atoms with Gasteiger partial charge >= 0.3 is 0 Å². The number of rotatable bonds is 3. The van der Waals surface area contributed by atoms with Crippen molar-refractivity contribution in [2.24, 2.45) is 0 Å². The zero-order valence-corrected chi connectivity index (χ0v) is 7.20. The summed E-state index contributed by atoms with van der Waals surface area (Å²) in [5.74, 6) is 0.859. The molecule has 5 heteroatoms. The summed E-state index contributed by atoms with van der Waals surface area (Å²) < 4.78 is 0.931. The molecular formula is C6H14N5+. The fourth-order valence-corrected chi connectivity index (χ4v) is 0.726. The Morgan fingerprint density at radius 3 is 2.55 bits per heavy atom. The number of nitrogens with one attached hydrogen (secondary N) is 1. The lowest BCUT2D eigenvalue weighted by molar-refractivity contribution is -0.870. The summed E-state index contributed by atoms with van der Waals surface area (Å²) in [6.45, 7) is 1.04. The van der Waals surface area contributed by atoms with Gasteiger partial charge in [0.1, 0.15) is 0 Å². The lowest BCUT2D eigenvalue weighted by atomic mass is 10.3. The van der Waals surface area contributed by atoms with Crippen molar-refractivity contribution in [1.82, 2.24) is 20.6 Å². The van der Waals surface area contributed by atoms with E-state index in [9.17, 15) is 0 Å². The van der Waals surface area contributed by atoms with E-state index in [1.54, 1.807) is 0 Å². The van der Waals surface area contributed by atoms with E-state index in [-0.39, 0.29) is 0 Å². The molecule has 0 fully saturated rings. The van der Waals surface area contributed by atoms with Crippen LogP contribution in [0.4, 0.5) is 0 Å². The standard InChI is InChI=1S/C6H14N5/c1-11(2,3)5-4-6-7-9-10-8-6/h4-5H2,1-3H3,(H,7,8,9,10)/q+1. The maximum atomic E-state index is 3.79. The SMILES string of the molecule is C[N+](C)(C)CCc1nnn[nH]1. The van der Waals surface area contributed by atoms with E-state index in [2.05, 4.69) is 41.8 Å². The Morgan fingerprint density at radius 2 is 2.09 bits per heavy atom. The van der Waals surface area contributed by atoms with Crippen LogP contribution in [-0.4, -0.2) is 52.8 Å². The second-order valence-electron chi connectivity index (χ2n) is 3.61. The lowest BCUT2D eigenvalue weighted by Gasteiger charge is -2.22. The summed E-state index contributed by atoms with van der Waals surface area (Å²) in [6.07, 6.45) is 0.899. The summed E-state index contributed by atoms with van der Waals surface area (Å²) in [7, 11) is 6.43. The van der Waals surface area contributed by atoms with Crippen molar-refractivity contribution in [3.8, 4) is 0 Å². The van der Waals surface area contributed by atoms with Gasteiger partial charge in [-0.2, -0.15) is 0 Å². The number of likely N-dealkylation sites (N-methyl/N-ethyl adjacent to an activating group) is 1. The molecule has 0 saturated heterocycles. The molecule has 0 bridgehead atoms. The molecule has 0 radical (unpaired) electrons. The van der Waals surface area contributed by atoms with E-state index in [4.69, 9.17) is 0 Å². The van der Waals surface area contributed by atoms with E-state index in [0.717, 1.165) is 23.3 Å². The molecule has 0 aromatic carbocycles. The van der Waals surface area contributed by atoms with Crippen LogP contribution in [0.3, 0.4) is 0 Å². The second kappa shape index (κ2) is 2.96. The molecule has 1 aromatic heterocycles. The lowest BCUT2D eigenvalue weighted by Crippen LogP contribution is -2.36. The predicted molar refractivity (Wildman–Crippen MR) is 40.8 cm³/mol. The smallest absolute Gasteiger partial charge is 0.154 e. The molecule has 0 amide bonds. The third-order valence-corrected chi connectivity index (χ3v) is 1.41. The number of hydrogen-bond acceptors (Lipinski definition) is 3. The Bertz CT molecular complexity index is 197. The fraction of sp³-hybridized carbons (Fsp3) is 0.833. The first-order chi connectivity index (χ1) is 5.08.